The molecule has 0 amide bonds. The van der Waals surface area contributed by atoms with Gasteiger partial charge in [0.15, 0.2) is 0 Å². The summed E-state index contributed by atoms with van der Waals surface area (Å²) in [4.78, 5) is 15.9. The van der Waals surface area contributed by atoms with E-state index in [0.29, 0.717) is 23.7 Å². The molecule has 5 aliphatic heterocycles. The second kappa shape index (κ2) is 30.1. The molecule has 5 heterocycles. The molecule has 0 N–H and O–H groups in total. The molecule has 16 aromatic carbocycles. The van der Waals surface area contributed by atoms with E-state index in [1.165, 1.54) is 177 Å². The van der Waals surface area contributed by atoms with E-state index in [1.807, 2.05) is 11.8 Å². The minimum atomic E-state index is -0.786. The van der Waals surface area contributed by atoms with Crippen LogP contribution in [0.2, 0.25) is 0 Å². The van der Waals surface area contributed by atoms with Crippen LogP contribution in [0.4, 0.5) is 79.6 Å². The number of hydrogen-bond acceptors (Lipinski definition) is 7. The van der Waals surface area contributed by atoms with E-state index in [1.54, 1.807) is 0 Å². The SMILES string of the molecule is c1ccc(-c2ccccc2N(c2ccccc2)c2cc3c4c(c2)N(c2ccccc2-c2ccccc2)c2ccccc2B4c2cc4c(cc2O3)Sc2cc3c(cc2C42c4ccccc4-c4ccccc42)B2c4ccccc4N(c4ccccc4)c4cc(N(c5ccccc5)c5ccccc5)cc(c42)N3C2C(C3CCCCC3)CCCC2C2CCCCC2)cc1. The van der Waals surface area contributed by atoms with Crippen molar-refractivity contribution in [2.75, 3.05) is 24.5 Å². The van der Waals surface area contributed by atoms with E-state index >= 15 is 0 Å². The van der Waals surface area contributed by atoms with Crippen molar-refractivity contribution in [3.63, 3.8) is 0 Å². The maximum absolute atomic E-state index is 8.16. The van der Waals surface area contributed by atoms with Gasteiger partial charge in [-0.25, -0.2) is 0 Å². The van der Waals surface area contributed by atoms with Gasteiger partial charge in [-0.1, -0.05) is 349 Å². The molecule has 1 spiro atoms. The number of para-hydroxylation sites is 8. The average molecular weight is 1610 g/mol. The van der Waals surface area contributed by atoms with Crippen molar-refractivity contribution < 1.29 is 4.74 Å². The predicted molar refractivity (Wildman–Crippen MR) is 520 cm³/mol. The van der Waals surface area contributed by atoms with Crippen LogP contribution in [0.25, 0.3) is 33.4 Å². The summed E-state index contributed by atoms with van der Waals surface area (Å²) in [5, 5.41) is 0. The fraction of sp³-hybridized carbons (Fsp3) is 0.165. The maximum atomic E-state index is 8.16. The van der Waals surface area contributed by atoms with Crippen molar-refractivity contribution >= 4 is 138 Å². The predicted octanol–water partition coefficient (Wildman–Crippen LogP) is 26.9. The van der Waals surface area contributed by atoms with Crippen molar-refractivity contribution in [1.82, 2.24) is 0 Å². The van der Waals surface area contributed by atoms with E-state index in [0.717, 1.165) is 96.1 Å². The lowest BCUT2D eigenvalue weighted by atomic mass is 9.33. The summed E-state index contributed by atoms with van der Waals surface area (Å²) in [6, 6.07) is 144. The second-order valence-electron chi connectivity index (χ2n) is 36.0. The third-order valence-corrected chi connectivity index (χ3v) is 30.8. The zero-order valence-electron chi connectivity index (χ0n) is 69.6. The normalized spacial score (nSPS) is 17.8. The molecule has 0 bridgehead atoms. The minimum Gasteiger partial charge on any atom is -0.458 e. The Morgan fingerprint density at radius 1 is 0.290 bits per heavy atom. The van der Waals surface area contributed by atoms with E-state index < -0.39 is 5.41 Å². The van der Waals surface area contributed by atoms with Gasteiger partial charge in [0.25, 0.3) is 13.4 Å². The number of rotatable bonds is 13. The number of nitrogens with zero attached hydrogens (tertiary/aromatic N) is 5. The Kier molecular flexibility index (Phi) is 17.8. The molecule has 0 saturated heterocycles. The van der Waals surface area contributed by atoms with Gasteiger partial charge in [-0.15, -0.1) is 0 Å². The van der Waals surface area contributed by atoms with E-state index in [4.69, 9.17) is 4.74 Å². The Balaban J connectivity index is 0.765. The highest BCUT2D eigenvalue weighted by molar-refractivity contribution is 7.99. The van der Waals surface area contributed by atoms with Crippen LogP contribution in [-0.4, -0.2) is 19.5 Å². The fourth-order valence-corrected chi connectivity index (χ4v) is 25.9. The first-order valence-corrected chi connectivity index (χ1v) is 46.3. The smallest absolute Gasteiger partial charge is 0.256 e. The average Bonchev–Trinajstić information content (AvgIpc) is 1.34. The molecule has 2 atom stereocenters. The van der Waals surface area contributed by atoms with Crippen LogP contribution in [0.1, 0.15) is 106 Å². The monoisotopic (exact) mass is 1610 g/mol. The third kappa shape index (κ3) is 11.6. The summed E-state index contributed by atoms with van der Waals surface area (Å²) in [6.07, 6.45) is 17.0. The lowest BCUT2D eigenvalue weighted by Gasteiger charge is -2.55. The zero-order chi connectivity index (χ0) is 81.5. The highest BCUT2D eigenvalue weighted by Gasteiger charge is 2.56. The number of hydrogen-bond donors (Lipinski definition) is 0. The van der Waals surface area contributed by atoms with E-state index in [-0.39, 0.29) is 19.5 Å². The van der Waals surface area contributed by atoms with Crippen LogP contribution >= 0.6 is 11.8 Å². The molecule has 4 aliphatic carbocycles. The standard InChI is InChI=1S/C115H93B2N5OS/c1-9-38-76(39-10-1)86-54-27-33-64-100(86)119(82-50-21-7-22-51-82)85-70-107-113-109(71-85)123-108-75-111-95(73-99(108)117(113)97-63-32-36-67-103(97)121(107)101-65-34-28-55-87(101)77-40-11-2-12-41-77)115(92-60-29-25-56-90(92)91-57-26-30-61-93(91)115)94-72-98-104(74-110(94)124-111)122(114-88(78-42-13-3-14-43-78)58-37-59-89(114)79-44-15-4-16-45-79)106-69-84(118(80-46-17-5-18-47-80)81-48-19-6-20-49-81)68-105-112(106)116(98)96-62-31-35-66-102(96)120(105)83-52-23-8-24-53-83/h1-2,5-12,17-36,38-41,46-57,60-75,78-79,88-89,114H,3-4,13-16,37,42-45,58-59H2. The number of anilines is 14. The van der Waals surface area contributed by atoms with Crippen molar-refractivity contribution in [3.8, 4) is 44.9 Å². The summed E-state index contributed by atoms with van der Waals surface area (Å²) >= 11 is 1.99. The largest absolute Gasteiger partial charge is 0.458 e. The topological polar surface area (TPSA) is 25.4 Å². The lowest BCUT2D eigenvalue weighted by molar-refractivity contribution is 0.0839. The Morgan fingerprint density at radius 3 is 1.33 bits per heavy atom. The highest BCUT2D eigenvalue weighted by Crippen LogP contribution is 2.65. The molecule has 124 heavy (non-hydrogen) atoms. The van der Waals surface area contributed by atoms with Crippen molar-refractivity contribution in [1.29, 1.82) is 0 Å². The molecule has 6 nitrogen and oxygen atoms in total. The summed E-state index contributed by atoms with van der Waals surface area (Å²) in [6.45, 7) is -0.377. The first-order valence-electron chi connectivity index (χ1n) is 45.5. The number of benzene rings is 16. The first-order chi connectivity index (χ1) is 61.6. The molecule has 9 aliphatic rings. The van der Waals surface area contributed by atoms with Crippen molar-refractivity contribution in [2.24, 2.45) is 23.7 Å². The minimum absolute atomic E-state index is 0.135. The number of fused-ring (bicyclic) bond motifs is 17. The molecule has 16 aromatic rings. The van der Waals surface area contributed by atoms with Crippen LogP contribution in [0, 0.1) is 23.7 Å². The molecule has 0 aromatic heterocycles. The van der Waals surface area contributed by atoms with E-state index in [2.05, 4.69) is 401 Å². The quantitative estimate of drug-likeness (QED) is 0.106. The first kappa shape index (κ1) is 73.5. The van der Waals surface area contributed by atoms with Gasteiger partial charge in [-0.3, -0.25) is 0 Å². The Labute approximate surface area is 733 Å². The van der Waals surface area contributed by atoms with Crippen LogP contribution < -0.4 is 62.0 Å². The zero-order valence-corrected chi connectivity index (χ0v) is 70.4. The molecule has 9 heteroatoms. The fourth-order valence-electron chi connectivity index (χ4n) is 24.7. The maximum Gasteiger partial charge on any atom is 0.256 e. The van der Waals surface area contributed by atoms with Gasteiger partial charge in [-0.05, 0) is 217 Å². The molecule has 25 rings (SSSR count). The summed E-state index contributed by atoms with van der Waals surface area (Å²) in [7, 11) is 0. The Hall–Kier alpha value is -13.2. The van der Waals surface area contributed by atoms with Gasteiger partial charge < -0.3 is 29.2 Å². The van der Waals surface area contributed by atoms with Gasteiger partial charge in [-0.2, -0.15) is 0 Å². The molecule has 3 saturated carbocycles. The van der Waals surface area contributed by atoms with Crippen molar-refractivity contribution in [3.05, 3.63) is 398 Å². The lowest BCUT2D eigenvalue weighted by Crippen LogP contribution is -2.65. The number of ether oxygens (including phenoxy) is 1. The molecule has 3 fully saturated rings. The Bertz CT molecular complexity index is 6730. The van der Waals surface area contributed by atoms with Crippen molar-refractivity contribution in [2.45, 2.75) is 105 Å². The second-order valence-corrected chi connectivity index (χ2v) is 37.0. The molecular weight excluding hydrogens is 1520 g/mol. The Morgan fingerprint density at radius 2 is 0.734 bits per heavy atom. The summed E-state index contributed by atoms with van der Waals surface area (Å²) in [5.74, 6) is 4.04. The summed E-state index contributed by atoms with van der Waals surface area (Å²) in [5.41, 5.74) is 35.7. The highest BCUT2D eigenvalue weighted by atomic mass is 32.2. The van der Waals surface area contributed by atoms with Gasteiger partial charge in [0.05, 0.1) is 28.2 Å². The molecule has 2 unspecified atom stereocenters. The third-order valence-electron chi connectivity index (χ3n) is 29.6. The molecule has 0 radical (unpaired) electrons. The van der Waals surface area contributed by atoms with Gasteiger partial charge in [0, 0.05) is 89.9 Å². The van der Waals surface area contributed by atoms with E-state index in [9.17, 15) is 0 Å². The van der Waals surface area contributed by atoms with Gasteiger partial charge in [0.1, 0.15) is 11.5 Å². The van der Waals surface area contributed by atoms with Gasteiger partial charge in [0.2, 0.25) is 0 Å². The molecule has 596 valence electrons. The van der Waals surface area contributed by atoms with Crippen LogP contribution in [0.5, 0.6) is 11.5 Å². The summed E-state index contributed by atoms with van der Waals surface area (Å²) < 4.78 is 8.16. The van der Waals surface area contributed by atoms with Gasteiger partial charge >= 0.3 is 0 Å². The van der Waals surface area contributed by atoms with Crippen LogP contribution in [-0.2, 0) is 5.41 Å². The van der Waals surface area contributed by atoms with Crippen LogP contribution in [0.3, 0.4) is 0 Å². The van der Waals surface area contributed by atoms with Crippen LogP contribution in [0.15, 0.2) is 386 Å². The molecular formula is C115H93B2N5OS.